The van der Waals surface area contributed by atoms with Gasteiger partial charge in [-0.2, -0.15) is 0 Å². The molecule has 0 bridgehead atoms. The van der Waals surface area contributed by atoms with Crippen LogP contribution in [0.2, 0.25) is 0 Å². The molecule has 0 saturated heterocycles. The molecule has 2 aliphatic rings. The fourth-order valence-corrected chi connectivity index (χ4v) is 4.66. The van der Waals surface area contributed by atoms with Crippen LogP contribution in [0.3, 0.4) is 0 Å². The Morgan fingerprint density at radius 2 is 1.41 bits per heavy atom. The van der Waals surface area contributed by atoms with Crippen molar-refractivity contribution in [3.05, 3.63) is 0 Å². The maximum atomic E-state index is 12.5. The quantitative estimate of drug-likeness (QED) is 0.741. The van der Waals surface area contributed by atoms with Crippen molar-refractivity contribution >= 4 is 5.78 Å². The molecule has 0 aromatic rings. The lowest BCUT2D eigenvalue weighted by Crippen LogP contribution is -2.49. The first-order chi connectivity index (χ1) is 9.93. The van der Waals surface area contributed by atoms with Gasteiger partial charge in [-0.1, -0.05) is 41.5 Å². The molecule has 2 atom stereocenters. The molecule has 2 heteroatoms. The minimum atomic E-state index is -0.733. The van der Waals surface area contributed by atoms with Gasteiger partial charge in [-0.3, -0.25) is 4.79 Å². The van der Waals surface area contributed by atoms with Crippen LogP contribution in [0.25, 0.3) is 0 Å². The number of carbonyl (C=O) groups is 1. The summed E-state index contributed by atoms with van der Waals surface area (Å²) in [5.41, 5.74) is -0.188. The van der Waals surface area contributed by atoms with Gasteiger partial charge < -0.3 is 5.11 Å². The van der Waals surface area contributed by atoms with E-state index in [9.17, 15) is 9.90 Å². The van der Waals surface area contributed by atoms with Crippen LogP contribution in [-0.2, 0) is 4.79 Å². The summed E-state index contributed by atoms with van der Waals surface area (Å²) < 4.78 is 0. The number of hydrogen-bond acceptors (Lipinski definition) is 2. The van der Waals surface area contributed by atoms with E-state index in [0.29, 0.717) is 29.5 Å². The van der Waals surface area contributed by atoms with Crippen LogP contribution in [0.1, 0.15) is 86.5 Å². The van der Waals surface area contributed by atoms with E-state index in [1.54, 1.807) is 0 Å². The third-order valence-corrected chi connectivity index (χ3v) is 6.60. The second-order valence-corrected chi connectivity index (χ2v) is 10.1. The largest absolute Gasteiger partial charge is 0.389 e. The summed E-state index contributed by atoms with van der Waals surface area (Å²) in [7, 11) is 0. The molecule has 0 aromatic carbocycles. The molecule has 128 valence electrons. The van der Waals surface area contributed by atoms with E-state index in [1.165, 1.54) is 0 Å². The predicted molar refractivity (Wildman–Crippen MR) is 91.7 cm³/mol. The van der Waals surface area contributed by atoms with Gasteiger partial charge in [0, 0.05) is 12.3 Å². The number of Topliss-reactive ketones (excluding diaryl/α,β-unsaturated/α-hetero) is 1. The molecule has 0 amide bonds. The first kappa shape index (κ1) is 18.0. The summed E-state index contributed by atoms with van der Waals surface area (Å²) in [5.74, 6) is 1.42. The van der Waals surface area contributed by atoms with Gasteiger partial charge in [0.25, 0.3) is 0 Å². The second kappa shape index (κ2) is 5.92. The zero-order valence-corrected chi connectivity index (χ0v) is 15.5. The maximum absolute atomic E-state index is 12.5. The van der Waals surface area contributed by atoms with Crippen LogP contribution in [0.5, 0.6) is 0 Å². The second-order valence-electron chi connectivity index (χ2n) is 10.1. The predicted octanol–water partition coefficient (Wildman–Crippen LogP) is 4.99. The Hall–Kier alpha value is -0.370. The fourth-order valence-electron chi connectivity index (χ4n) is 4.66. The van der Waals surface area contributed by atoms with E-state index >= 15 is 0 Å². The van der Waals surface area contributed by atoms with Crippen molar-refractivity contribution in [3.63, 3.8) is 0 Å². The van der Waals surface area contributed by atoms with Crippen LogP contribution in [0, 0.1) is 28.6 Å². The van der Waals surface area contributed by atoms with Gasteiger partial charge in [0.05, 0.1) is 5.60 Å². The fraction of sp³-hybridized carbons (Fsp3) is 0.950. The Morgan fingerprint density at radius 1 is 0.909 bits per heavy atom. The summed E-state index contributed by atoms with van der Waals surface area (Å²) in [6.45, 7) is 13.7. The van der Waals surface area contributed by atoms with Crippen LogP contribution >= 0.6 is 0 Å². The zero-order chi connectivity index (χ0) is 16.8. The molecule has 2 fully saturated rings. The van der Waals surface area contributed by atoms with Gasteiger partial charge in [0.15, 0.2) is 0 Å². The van der Waals surface area contributed by atoms with Crippen LogP contribution < -0.4 is 0 Å². The Labute approximate surface area is 137 Å². The van der Waals surface area contributed by atoms with Gasteiger partial charge in [0.2, 0.25) is 0 Å². The van der Waals surface area contributed by atoms with E-state index in [0.717, 1.165) is 38.5 Å². The topological polar surface area (TPSA) is 37.3 Å². The van der Waals surface area contributed by atoms with Crippen molar-refractivity contribution in [2.24, 2.45) is 28.6 Å². The first-order valence-corrected chi connectivity index (χ1v) is 9.18. The number of hydrogen-bond donors (Lipinski definition) is 1. The monoisotopic (exact) mass is 308 g/mol. The van der Waals surface area contributed by atoms with Crippen molar-refractivity contribution in [2.45, 2.75) is 92.1 Å². The van der Waals surface area contributed by atoms with Crippen molar-refractivity contribution in [1.29, 1.82) is 0 Å². The smallest absolute Gasteiger partial charge is 0.138 e. The maximum Gasteiger partial charge on any atom is 0.138 e. The zero-order valence-electron chi connectivity index (χ0n) is 15.5. The third-order valence-electron chi connectivity index (χ3n) is 6.60. The molecular weight excluding hydrogens is 272 g/mol. The number of ketones is 1. The third kappa shape index (κ3) is 3.75. The van der Waals surface area contributed by atoms with E-state index in [2.05, 4.69) is 41.5 Å². The van der Waals surface area contributed by atoms with Crippen molar-refractivity contribution in [1.82, 2.24) is 0 Å². The Kier molecular flexibility index (Phi) is 4.84. The van der Waals surface area contributed by atoms with E-state index in [1.807, 2.05) is 0 Å². The summed E-state index contributed by atoms with van der Waals surface area (Å²) in [4.78, 5) is 12.5. The lowest BCUT2D eigenvalue weighted by molar-refractivity contribution is -0.144. The minimum Gasteiger partial charge on any atom is -0.389 e. The summed E-state index contributed by atoms with van der Waals surface area (Å²) in [6, 6.07) is 0. The Bertz CT molecular complexity index is 402. The molecule has 0 aliphatic heterocycles. The molecule has 0 radical (unpaired) electrons. The SMILES string of the molecule is CC(C)(C)C1CCC(O)([C@H]2C[C@@H](C(C)(C)C)CCC2=O)CC1. The average Bonchev–Trinajstić information content (AvgIpc) is 2.37. The van der Waals surface area contributed by atoms with E-state index in [-0.39, 0.29) is 11.3 Å². The van der Waals surface area contributed by atoms with Gasteiger partial charge in [-0.15, -0.1) is 0 Å². The molecule has 1 N–H and O–H groups in total. The molecule has 2 rings (SSSR count). The number of rotatable bonds is 1. The van der Waals surface area contributed by atoms with Crippen LogP contribution in [-0.4, -0.2) is 16.5 Å². The molecular formula is C20H36O2. The summed E-state index contributed by atoms with van der Waals surface area (Å²) in [5, 5.41) is 11.2. The molecule has 0 spiro atoms. The molecule has 0 aromatic heterocycles. The lowest BCUT2D eigenvalue weighted by atomic mass is 9.59. The van der Waals surface area contributed by atoms with Gasteiger partial charge in [-0.25, -0.2) is 0 Å². The first-order valence-electron chi connectivity index (χ1n) is 9.18. The number of aliphatic hydroxyl groups is 1. The van der Waals surface area contributed by atoms with E-state index in [4.69, 9.17) is 0 Å². The molecule has 22 heavy (non-hydrogen) atoms. The van der Waals surface area contributed by atoms with Crippen molar-refractivity contribution in [3.8, 4) is 0 Å². The highest BCUT2D eigenvalue weighted by molar-refractivity contribution is 5.83. The standard InChI is InChI=1S/C20H36O2/c1-18(2,3)14-9-11-20(22,12-10-14)16-13-15(19(4,5)6)7-8-17(16)21/h14-16,22H,7-13H2,1-6H3/t14?,15-,16-,20?/m0/s1. The molecule has 0 heterocycles. The van der Waals surface area contributed by atoms with Gasteiger partial charge in [-0.05, 0) is 61.2 Å². The minimum absolute atomic E-state index is 0.119. The van der Waals surface area contributed by atoms with E-state index < -0.39 is 5.60 Å². The highest BCUT2D eigenvalue weighted by Gasteiger charge is 2.48. The van der Waals surface area contributed by atoms with Gasteiger partial charge >= 0.3 is 0 Å². The van der Waals surface area contributed by atoms with Gasteiger partial charge in [0.1, 0.15) is 5.78 Å². The van der Waals surface area contributed by atoms with Crippen molar-refractivity contribution in [2.75, 3.05) is 0 Å². The summed E-state index contributed by atoms with van der Waals surface area (Å²) in [6.07, 6.45) is 6.29. The Morgan fingerprint density at radius 3 is 1.86 bits per heavy atom. The molecule has 2 nitrogen and oxygen atoms in total. The highest BCUT2D eigenvalue weighted by Crippen LogP contribution is 2.49. The highest BCUT2D eigenvalue weighted by atomic mass is 16.3. The number of carbonyl (C=O) groups excluding carboxylic acids is 1. The lowest BCUT2D eigenvalue weighted by Gasteiger charge is -2.48. The summed E-state index contributed by atoms with van der Waals surface area (Å²) >= 11 is 0. The van der Waals surface area contributed by atoms with Crippen LogP contribution in [0.4, 0.5) is 0 Å². The molecule has 0 unspecified atom stereocenters. The van der Waals surface area contributed by atoms with Crippen molar-refractivity contribution < 1.29 is 9.90 Å². The normalized spacial score (nSPS) is 38.1. The average molecular weight is 309 g/mol. The molecule has 2 aliphatic carbocycles. The Balaban J connectivity index is 2.08. The van der Waals surface area contributed by atoms with Crippen LogP contribution in [0.15, 0.2) is 0 Å². The molecule has 2 saturated carbocycles.